The highest BCUT2D eigenvalue weighted by molar-refractivity contribution is 6.42. The van der Waals surface area contributed by atoms with Gasteiger partial charge in [-0.25, -0.2) is 0 Å². The lowest BCUT2D eigenvalue weighted by Crippen LogP contribution is -2.27. The molecule has 0 bridgehead atoms. The van der Waals surface area contributed by atoms with Gasteiger partial charge in [0.25, 0.3) is 5.91 Å². The summed E-state index contributed by atoms with van der Waals surface area (Å²) in [6, 6.07) is 10.2. The number of amides is 1. The van der Waals surface area contributed by atoms with E-state index >= 15 is 0 Å². The van der Waals surface area contributed by atoms with Crippen LogP contribution in [-0.2, 0) is 0 Å². The quantitative estimate of drug-likeness (QED) is 0.898. The van der Waals surface area contributed by atoms with Crippen LogP contribution in [0.2, 0.25) is 10.0 Å². The molecular weight excluding hydrogens is 337 g/mol. The van der Waals surface area contributed by atoms with E-state index in [-0.39, 0.29) is 11.9 Å². The summed E-state index contributed by atoms with van der Waals surface area (Å²) < 4.78 is 10.9. The lowest BCUT2D eigenvalue weighted by Gasteiger charge is -2.19. The molecule has 1 N–H and O–H groups in total. The van der Waals surface area contributed by atoms with Crippen LogP contribution in [0.1, 0.15) is 28.9 Å². The number of benzene rings is 2. The Hall–Kier alpha value is -1.91. The van der Waals surface area contributed by atoms with Gasteiger partial charge >= 0.3 is 0 Å². The Balaban J connectivity index is 1.74. The molecule has 0 saturated carbocycles. The van der Waals surface area contributed by atoms with Crippen LogP contribution >= 0.6 is 23.2 Å². The smallest absolute Gasteiger partial charge is 0.251 e. The molecule has 3 rings (SSSR count). The SMILES string of the molecule is CC(NC(=O)c1ccc2c(c1)OCCO2)c1ccc(Cl)c(Cl)c1. The van der Waals surface area contributed by atoms with E-state index in [4.69, 9.17) is 32.7 Å². The van der Waals surface area contributed by atoms with Crippen molar-refractivity contribution in [1.29, 1.82) is 0 Å². The Bertz CT molecular complexity index is 749. The van der Waals surface area contributed by atoms with Crippen molar-refractivity contribution < 1.29 is 14.3 Å². The molecule has 0 aromatic heterocycles. The first kappa shape index (κ1) is 16.0. The lowest BCUT2D eigenvalue weighted by molar-refractivity contribution is 0.0938. The highest BCUT2D eigenvalue weighted by Gasteiger charge is 2.17. The van der Waals surface area contributed by atoms with Gasteiger partial charge in [0.1, 0.15) is 13.2 Å². The van der Waals surface area contributed by atoms with Gasteiger partial charge in [0.15, 0.2) is 11.5 Å². The Labute approximate surface area is 144 Å². The number of ether oxygens (including phenoxy) is 2. The van der Waals surface area contributed by atoms with Crippen LogP contribution in [0.25, 0.3) is 0 Å². The fraction of sp³-hybridized carbons (Fsp3) is 0.235. The van der Waals surface area contributed by atoms with Crippen molar-refractivity contribution in [2.75, 3.05) is 13.2 Å². The molecule has 1 heterocycles. The van der Waals surface area contributed by atoms with Gasteiger partial charge in [0, 0.05) is 5.56 Å². The monoisotopic (exact) mass is 351 g/mol. The first-order valence-corrected chi connectivity index (χ1v) is 7.95. The zero-order valence-electron chi connectivity index (χ0n) is 12.4. The van der Waals surface area contributed by atoms with Crippen LogP contribution < -0.4 is 14.8 Å². The normalized spacial score (nSPS) is 14.2. The van der Waals surface area contributed by atoms with E-state index in [2.05, 4.69) is 5.32 Å². The minimum Gasteiger partial charge on any atom is -0.486 e. The van der Waals surface area contributed by atoms with Crippen LogP contribution in [-0.4, -0.2) is 19.1 Å². The van der Waals surface area contributed by atoms with Crippen molar-refractivity contribution in [3.63, 3.8) is 0 Å². The molecule has 1 aliphatic rings. The Morgan fingerprint density at radius 3 is 2.52 bits per heavy atom. The summed E-state index contributed by atoms with van der Waals surface area (Å²) >= 11 is 11.9. The first-order valence-electron chi connectivity index (χ1n) is 7.20. The predicted octanol–water partition coefficient (Wildman–Crippen LogP) is 4.26. The van der Waals surface area contributed by atoms with Crippen LogP contribution in [0.5, 0.6) is 11.5 Å². The Morgan fingerprint density at radius 1 is 1.04 bits per heavy atom. The zero-order chi connectivity index (χ0) is 16.4. The number of carbonyl (C=O) groups is 1. The van der Waals surface area contributed by atoms with E-state index < -0.39 is 0 Å². The summed E-state index contributed by atoms with van der Waals surface area (Å²) in [5, 5.41) is 3.88. The lowest BCUT2D eigenvalue weighted by atomic mass is 10.1. The second-order valence-electron chi connectivity index (χ2n) is 5.23. The molecule has 1 amide bonds. The van der Waals surface area contributed by atoms with E-state index in [0.717, 1.165) is 5.56 Å². The van der Waals surface area contributed by atoms with Crippen LogP contribution in [0.15, 0.2) is 36.4 Å². The average Bonchev–Trinajstić information content (AvgIpc) is 2.56. The Morgan fingerprint density at radius 2 is 1.78 bits per heavy atom. The molecular formula is C17H15Cl2NO3. The van der Waals surface area contributed by atoms with E-state index in [1.807, 2.05) is 13.0 Å². The third-order valence-electron chi connectivity index (χ3n) is 3.60. The van der Waals surface area contributed by atoms with E-state index in [1.165, 1.54) is 0 Å². The maximum Gasteiger partial charge on any atom is 0.251 e. The third kappa shape index (κ3) is 3.54. The summed E-state index contributed by atoms with van der Waals surface area (Å²) in [5.74, 6) is 1.05. The van der Waals surface area contributed by atoms with E-state index in [0.29, 0.717) is 40.3 Å². The maximum absolute atomic E-state index is 12.4. The number of fused-ring (bicyclic) bond motifs is 1. The van der Waals surface area contributed by atoms with Gasteiger partial charge in [0.05, 0.1) is 16.1 Å². The van der Waals surface area contributed by atoms with Crippen LogP contribution in [0.4, 0.5) is 0 Å². The number of carbonyl (C=O) groups excluding carboxylic acids is 1. The summed E-state index contributed by atoms with van der Waals surface area (Å²) in [6.07, 6.45) is 0. The average molecular weight is 352 g/mol. The molecule has 1 atom stereocenters. The van der Waals surface area contributed by atoms with Gasteiger partial charge in [0.2, 0.25) is 0 Å². The number of halogens is 2. The molecule has 2 aromatic carbocycles. The molecule has 0 radical (unpaired) electrons. The molecule has 1 unspecified atom stereocenters. The molecule has 2 aromatic rings. The van der Waals surface area contributed by atoms with Crippen molar-refractivity contribution in [3.05, 3.63) is 57.6 Å². The minimum absolute atomic E-state index is 0.194. The van der Waals surface area contributed by atoms with Gasteiger partial charge in [-0.2, -0.15) is 0 Å². The molecule has 0 aliphatic carbocycles. The van der Waals surface area contributed by atoms with Crippen molar-refractivity contribution in [3.8, 4) is 11.5 Å². The van der Waals surface area contributed by atoms with Crippen molar-refractivity contribution in [2.45, 2.75) is 13.0 Å². The van der Waals surface area contributed by atoms with Gasteiger partial charge in [-0.1, -0.05) is 29.3 Å². The van der Waals surface area contributed by atoms with Crippen molar-refractivity contribution >= 4 is 29.1 Å². The minimum atomic E-state index is -0.203. The highest BCUT2D eigenvalue weighted by Crippen LogP contribution is 2.31. The highest BCUT2D eigenvalue weighted by atomic mass is 35.5. The second-order valence-corrected chi connectivity index (χ2v) is 6.04. The molecule has 0 saturated heterocycles. The van der Waals surface area contributed by atoms with Crippen LogP contribution in [0, 0.1) is 0 Å². The van der Waals surface area contributed by atoms with Gasteiger partial charge in [-0.15, -0.1) is 0 Å². The zero-order valence-corrected chi connectivity index (χ0v) is 13.9. The predicted molar refractivity (Wildman–Crippen MR) is 89.8 cm³/mol. The molecule has 4 nitrogen and oxygen atoms in total. The van der Waals surface area contributed by atoms with E-state index in [1.54, 1.807) is 30.3 Å². The van der Waals surface area contributed by atoms with Gasteiger partial charge < -0.3 is 14.8 Å². The van der Waals surface area contributed by atoms with Crippen molar-refractivity contribution in [1.82, 2.24) is 5.32 Å². The summed E-state index contributed by atoms with van der Waals surface area (Å²) in [6.45, 7) is 2.89. The summed E-state index contributed by atoms with van der Waals surface area (Å²) in [4.78, 5) is 12.4. The third-order valence-corrected chi connectivity index (χ3v) is 4.33. The topological polar surface area (TPSA) is 47.6 Å². The second kappa shape index (κ2) is 6.69. The van der Waals surface area contributed by atoms with E-state index in [9.17, 15) is 4.79 Å². The summed E-state index contributed by atoms with van der Waals surface area (Å²) in [7, 11) is 0. The molecule has 0 fully saturated rings. The number of hydrogen-bond acceptors (Lipinski definition) is 3. The van der Waals surface area contributed by atoms with Crippen LogP contribution in [0.3, 0.4) is 0 Å². The standard InChI is InChI=1S/C17H15Cl2NO3/c1-10(11-2-4-13(18)14(19)8-11)20-17(21)12-3-5-15-16(9-12)23-7-6-22-15/h2-5,8-10H,6-7H2,1H3,(H,20,21). The largest absolute Gasteiger partial charge is 0.486 e. The molecule has 1 aliphatic heterocycles. The fourth-order valence-corrected chi connectivity index (χ4v) is 2.64. The number of rotatable bonds is 3. The fourth-order valence-electron chi connectivity index (χ4n) is 2.33. The summed E-state index contributed by atoms with van der Waals surface area (Å²) in [5.41, 5.74) is 1.39. The first-order chi connectivity index (χ1) is 11.0. The number of hydrogen-bond donors (Lipinski definition) is 1. The van der Waals surface area contributed by atoms with Gasteiger partial charge in [-0.05, 0) is 42.8 Å². The molecule has 23 heavy (non-hydrogen) atoms. The van der Waals surface area contributed by atoms with Crippen molar-refractivity contribution in [2.24, 2.45) is 0 Å². The van der Waals surface area contributed by atoms with Gasteiger partial charge in [-0.3, -0.25) is 4.79 Å². The number of nitrogens with one attached hydrogen (secondary N) is 1. The molecule has 120 valence electrons. The molecule has 0 spiro atoms. The maximum atomic E-state index is 12.4. The Kier molecular flexibility index (Phi) is 4.64. The molecule has 6 heteroatoms.